The molecule has 1 N–H and O–H groups in total. The summed E-state index contributed by atoms with van der Waals surface area (Å²) in [5.41, 5.74) is 5.92. The van der Waals surface area contributed by atoms with Crippen LogP contribution in [0.1, 0.15) is 12.8 Å². The lowest BCUT2D eigenvalue weighted by molar-refractivity contribution is 0.400. The van der Waals surface area contributed by atoms with Gasteiger partial charge in [-0.1, -0.05) is 12.1 Å². The number of fused-ring (bicyclic) bond motifs is 2. The number of hydrogen-bond donors (Lipinski definition) is 1. The van der Waals surface area contributed by atoms with Gasteiger partial charge in [-0.15, -0.1) is 0 Å². The average Bonchev–Trinajstić information content (AvgIpc) is 3.68. The van der Waals surface area contributed by atoms with E-state index in [1.807, 2.05) is 42.5 Å². The third kappa shape index (κ3) is 3.75. The monoisotopic (exact) mass is 451 g/mol. The zero-order valence-electron chi connectivity index (χ0n) is 18.6. The van der Waals surface area contributed by atoms with E-state index in [1.54, 1.807) is 25.4 Å². The molecule has 1 fully saturated rings. The Morgan fingerprint density at radius 3 is 2.62 bits per heavy atom. The first-order chi connectivity index (χ1) is 16.7. The summed E-state index contributed by atoms with van der Waals surface area (Å²) in [6.45, 7) is 0. The number of anilines is 2. The molecular formula is C27H22FN5O. The van der Waals surface area contributed by atoms with Gasteiger partial charge in [0.05, 0.1) is 46.6 Å². The highest BCUT2D eigenvalue weighted by molar-refractivity contribution is 5.84. The lowest BCUT2D eigenvalue weighted by atomic mass is 10.1. The third-order valence-electron chi connectivity index (χ3n) is 5.88. The molecule has 7 heteroatoms. The Bertz CT molecular complexity index is 1540. The molecule has 0 radical (unpaired) electrons. The highest BCUT2D eigenvalue weighted by Crippen LogP contribution is 2.32. The SMILES string of the molecule is COc1ncccc1Nc1cc2nc3ccccc3n(-c3ccc(F)cc3)c-2c/c1=N\C1CC1. The summed E-state index contributed by atoms with van der Waals surface area (Å²) in [7, 11) is 1.60. The van der Waals surface area contributed by atoms with Crippen LogP contribution in [0.2, 0.25) is 0 Å². The van der Waals surface area contributed by atoms with Crippen molar-refractivity contribution >= 4 is 22.4 Å². The molecule has 34 heavy (non-hydrogen) atoms. The van der Waals surface area contributed by atoms with Crippen LogP contribution in [0.25, 0.3) is 28.1 Å². The number of methoxy groups -OCH3 is 1. The quantitative estimate of drug-likeness (QED) is 0.360. The van der Waals surface area contributed by atoms with E-state index in [9.17, 15) is 4.39 Å². The van der Waals surface area contributed by atoms with Crippen LogP contribution in [0.5, 0.6) is 5.88 Å². The van der Waals surface area contributed by atoms with Crippen molar-refractivity contribution in [3.63, 3.8) is 0 Å². The number of aromatic nitrogens is 3. The highest BCUT2D eigenvalue weighted by atomic mass is 19.1. The third-order valence-corrected chi connectivity index (χ3v) is 5.88. The number of benzene rings is 3. The molecule has 2 aromatic carbocycles. The van der Waals surface area contributed by atoms with E-state index in [2.05, 4.69) is 20.9 Å². The molecule has 1 aliphatic heterocycles. The maximum Gasteiger partial charge on any atom is 0.237 e. The maximum atomic E-state index is 13.7. The Morgan fingerprint density at radius 1 is 1.00 bits per heavy atom. The van der Waals surface area contributed by atoms with Crippen molar-refractivity contribution in [2.75, 3.05) is 12.4 Å². The second-order valence-corrected chi connectivity index (χ2v) is 8.32. The van der Waals surface area contributed by atoms with Crippen LogP contribution in [-0.4, -0.2) is 27.7 Å². The van der Waals surface area contributed by atoms with Gasteiger partial charge < -0.3 is 14.6 Å². The molecule has 2 heterocycles. The van der Waals surface area contributed by atoms with Crippen LogP contribution in [0.4, 0.5) is 15.8 Å². The van der Waals surface area contributed by atoms with Crippen molar-refractivity contribution in [2.45, 2.75) is 18.9 Å². The molecule has 3 aromatic rings. The van der Waals surface area contributed by atoms with Crippen molar-refractivity contribution in [3.8, 4) is 23.0 Å². The van der Waals surface area contributed by atoms with Crippen LogP contribution >= 0.6 is 0 Å². The van der Waals surface area contributed by atoms with Gasteiger partial charge in [0.2, 0.25) is 5.88 Å². The molecule has 1 saturated carbocycles. The zero-order valence-corrected chi connectivity index (χ0v) is 18.6. The second kappa shape index (κ2) is 8.26. The number of ether oxygens (including phenoxy) is 1. The molecule has 0 bridgehead atoms. The van der Waals surface area contributed by atoms with E-state index >= 15 is 0 Å². The lowest BCUT2D eigenvalue weighted by Gasteiger charge is -2.20. The Balaban J connectivity index is 1.63. The van der Waals surface area contributed by atoms with Crippen LogP contribution < -0.4 is 15.4 Å². The van der Waals surface area contributed by atoms with Gasteiger partial charge in [-0.2, -0.15) is 0 Å². The standard InChI is InChI=1S/C27H22FN5O/c1-34-27-21(6-4-14-29-27)32-22-15-24-26(16-23(22)30-18-10-11-18)33(19-12-8-17(28)9-13-19)25-7-3-2-5-20(25)31-24/h2-9,12-16,18,32H,10-11H2,1H3/b30-23+. The molecule has 0 atom stereocenters. The first-order valence-corrected chi connectivity index (χ1v) is 11.2. The smallest absolute Gasteiger partial charge is 0.237 e. The van der Waals surface area contributed by atoms with Gasteiger partial charge in [0.1, 0.15) is 11.5 Å². The summed E-state index contributed by atoms with van der Waals surface area (Å²) >= 11 is 0. The number of nitrogens with zero attached hydrogens (tertiary/aromatic N) is 4. The van der Waals surface area contributed by atoms with Crippen molar-refractivity contribution in [1.82, 2.24) is 14.5 Å². The minimum absolute atomic E-state index is 0.270. The van der Waals surface area contributed by atoms with Gasteiger partial charge in [0.25, 0.3) is 0 Å². The Labute approximate surface area is 195 Å². The molecule has 0 unspecified atom stereocenters. The van der Waals surface area contributed by atoms with Crippen LogP contribution in [-0.2, 0) is 0 Å². The molecule has 1 aromatic heterocycles. The fraction of sp³-hybridized carbons (Fsp3) is 0.148. The summed E-state index contributed by atoms with van der Waals surface area (Å²) in [5, 5.41) is 4.29. The molecule has 6 nitrogen and oxygen atoms in total. The number of halogens is 1. The lowest BCUT2D eigenvalue weighted by Crippen LogP contribution is -2.16. The van der Waals surface area contributed by atoms with Crippen molar-refractivity contribution in [1.29, 1.82) is 0 Å². The first-order valence-electron chi connectivity index (χ1n) is 11.2. The van der Waals surface area contributed by atoms with Crippen LogP contribution in [0.15, 0.2) is 84.0 Å². The van der Waals surface area contributed by atoms with Gasteiger partial charge in [0, 0.05) is 11.9 Å². The zero-order chi connectivity index (χ0) is 23.1. The molecule has 0 spiro atoms. The maximum absolute atomic E-state index is 13.7. The first kappa shape index (κ1) is 20.4. The van der Waals surface area contributed by atoms with Crippen molar-refractivity contribution in [3.05, 3.63) is 90.2 Å². The Kier molecular flexibility index (Phi) is 4.95. The molecule has 0 saturated heterocycles. The Morgan fingerprint density at radius 2 is 1.82 bits per heavy atom. The van der Waals surface area contributed by atoms with Crippen LogP contribution in [0, 0.1) is 5.82 Å². The van der Waals surface area contributed by atoms with E-state index in [4.69, 9.17) is 14.7 Å². The summed E-state index contributed by atoms with van der Waals surface area (Å²) in [4.78, 5) is 14.2. The average molecular weight is 452 g/mol. The van der Waals surface area contributed by atoms with Gasteiger partial charge in [-0.3, -0.25) is 4.99 Å². The molecule has 168 valence electrons. The molecule has 2 aliphatic carbocycles. The van der Waals surface area contributed by atoms with E-state index in [0.717, 1.165) is 57.7 Å². The predicted molar refractivity (Wildman–Crippen MR) is 130 cm³/mol. The number of para-hydroxylation sites is 2. The fourth-order valence-electron chi connectivity index (χ4n) is 4.11. The largest absolute Gasteiger partial charge is 0.480 e. The van der Waals surface area contributed by atoms with E-state index in [0.29, 0.717) is 11.9 Å². The van der Waals surface area contributed by atoms with Crippen molar-refractivity contribution < 1.29 is 9.13 Å². The second-order valence-electron chi connectivity index (χ2n) is 8.32. The number of nitrogens with one attached hydrogen (secondary N) is 1. The van der Waals surface area contributed by atoms with Crippen molar-refractivity contribution in [2.24, 2.45) is 4.99 Å². The Hall–Kier alpha value is -4.26. The van der Waals surface area contributed by atoms with Gasteiger partial charge in [0.15, 0.2) is 0 Å². The van der Waals surface area contributed by atoms with Gasteiger partial charge >= 0.3 is 0 Å². The molecule has 6 rings (SSSR count). The summed E-state index contributed by atoms with van der Waals surface area (Å²) in [6.07, 6.45) is 3.86. The summed E-state index contributed by atoms with van der Waals surface area (Å²) in [5.74, 6) is 0.237. The number of pyridine rings is 1. The minimum Gasteiger partial charge on any atom is -0.480 e. The highest BCUT2D eigenvalue weighted by Gasteiger charge is 2.22. The van der Waals surface area contributed by atoms with E-state index < -0.39 is 0 Å². The minimum atomic E-state index is -0.270. The molecule has 0 amide bonds. The normalized spacial score (nSPS) is 14.0. The topological polar surface area (TPSA) is 64.3 Å². The number of rotatable bonds is 5. The summed E-state index contributed by atoms with van der Waals surface area (Å²) < 4.78 is 21.2. The number of hydrogen-bond acceptors (Lipinski definition) is 5. The molecule has 3 aliphatic rings. The van der Waals surface area contributed by atoms with E-state index in [1.165, 1.54) is 12.1 Å². The van der Waals surface area contributed by atoms with Crippen LogP contribution in [0.3, 0.4) is 0 Å². The van der Waals surface area contributed by atoms with Gasteiger partial charge in [-0.25, -0.2) is 14.4 Å². The summed E-state index contributed by atoms with van der Waals surface area (Å²) in [6, 6.07) is 22.6. The predicted octanol–water partition coefficient (Wildman–Crippen LogP) is 5.48. The van der Waals surface area contributed by atoms with Gasteiger partial charge in [-0.05, 0) is 73.5 Å². The van der Waals surface area contributed by atoms with E-state index in [-0.39, 0.29) is 5.82 Å². The molecular weight excluding hydrogens is 429 g/mol. The fourth-order valence-corrected chi connectivity index (χ4v) is 4.11.